The lowest BCUT2D eigenvalue weighted by Gasteiger charge is -2.43. The molecule has 3 nitrogen and oxygen atoms in total. The van der Waals surface area contributed by atoms with Crippen molar-refractivity contribution in [3.8, 4) is 0 Å². The first-order valence-corrected chi connectivity index (χ1v) is 7.59. The summed E-state index contributed by atoms with van der Waals surface area (Å²) in [4.78, 5) is 1.94. The van der Waals surface area contributed by atoms with E-state index < -0.39 is 29.0 Å². The van der Waals surface area contributed by atoms with Crippen LogP contribution in [0.2, 0.25) is 0 Å². The van der Waals surface area contributed by atoms with Crippen molar-refractivity contribution in [1.82, 2.24) is 10.2 Å². The van der Waals surface area contributed by atoms with E-state index >= 15 is 0 Å². The molecule has 0 bridgehead atoms. The number of hydrogen-bond acceptors (Lipinski definition) is 3. The lowest BCUT2D eigenvalue weighted by Crippen LogP contribution is -2.49. The predicted molar refractivity (Wildman–Crippen MR) is 86.7 cm³/mol. The molecular weight excluding hydrogens is 348 g/mol. The van der Waals surface area contributed by atoms with Gasteiger partial charge in [-0.15, -0.1) is 12.4 Å². The summed E-state index contributed by atoms with van der Waals surface area (Å²) in [5.41, 5.74) is -2.05. The lowest BCUT2D eigenvalue weighted by molar-refractivity contribution is -0.140. The van der Waals surface area contributed by atoms with E-state index in [-0.39, 0.29) is 24.6 Å². The van der Waals surface area contributed by atoms with E-state index in [1.165, 1.54) is 12.1 Å². The maximum absolute atomic E-state index is 14.6. The highest BCUT2D eigenvalue weighted by Crippen LogP contribution is 2.42. The minimum atomic E-state index is -4.74. The number of hydrogen-bond donors (Lipinski definition) is 2. The van der Waals surface area contributed by atoms with Crippen molar-refractivity contribution >= 4 is 12.4 Å². The fourth-order valence-electron chi connectivity index (χ4n) is 3.12. The molecule has 1 aromatic rings. The Labute approximate surface area is 145 Å². The van der Waals surface area contributed by atoms with Gasteiger partial charge in [-0.3, -0.25) is 4.90 Å². The van der Waals surface area contributed by atoms with Crippen molar-refractivity contribution in [1.29, 1.82) is 0 Å². The van der Waals surface area contributed by atoms with Crippen LogP contribution < -0.4 is 5.32 Å². The molecule has 1 saturated heterocycles. The summed E-state index contributed by atoms with van der Waals surface area (Å²) in [5.74, 6) is -1.25. The predicted octanol–water partition coefficient (Wildman–Crippen LogP) is 3.23. The molecule has 0 spiro atoms. The van der Waals surface area contributed by atoms with Crippen LogP contribution in [0.15, 0.2) is 18.2 Å². The van der Waals surface area contributed by atoms with Gasteiger partial charge in [0, 0.05) is 49.8 Å². The van der Waals surface area contributed by atoms with Gasteiger partial charge in [0.05, 0.1) is 5.56 Å². The second-order valence-electron chi connectivity index (χ2n) is 6.54. The number of piperazine rings is 1. The van der Waals surface area contributed by atoms with Gasteiger partial charge in [0.15, 0.2) is 0 Å². The Hall–Kier alpha value is -0.890. The minimum absolute atomic E-state index is 0. The average molecular weight is 371 g/mol. The van der Waals surface area contributed by atoms with Gasteiger partial charge in [0.1, 0.15) is 5.82 Å². The number of aliphatic hydroxyl groups excluding tert-OH is 1. The minimum Gasteiger partial charge on any atom is -0.396 e. The Morgan fingerprint density at radius 3 is 2.29 bits per heavy atom. The highest BCUT2D eigenvalue weighted by atomic mass is 35.5. The smallest absolute Gasteiger partial charge is 0.396 e. The highest BCUT2D eigenvalue weighted by molar-refractivity contribution is 5.85. The monoisotopic (exact) mass is 370 g/mol. The Kier molecular flexibility index (Phi) is 7.04. The molecule has 1 fully saturated rings. The maximum Gasteiger partial charge on any atom is 0.419 e. The van der Waals surface area contributed by atoms with Gasteiger partial charge < -0.3 is 10.4 Å². The Bertz CT molecular complexity index is 545. The molecule has 8 heteroatoms. The van der Waals surface area contributed by atoms with Crippen LogP contribution in [0, 0.1) is 11.2 Å². The summed E-state index contributed by atoms with van der Waals surface area (Å²) in [6, 6.07) is 2.73. The molecule has 0 radical (unpaired) electrons. The van der Waals surface area contributed by atoms with Crippen LogP contribution in [0.3, 0.4) is 0 Å². The van der Waals surface area contributed by atoms with Crippen LogP contribution >= 0.6 is 12.4 Å². The van der Waals surface area contributed by atoms with E-state index in [1.54, 1.807) is 13.8 Å². The molecule has 0 unspecified atom stereocenters. The molecule has 2 N–H and O–H groups in total. The third-order valence-corrected chi connectivity index (χ3v) is 4.29. The van der Waals surface area contributed by atoms with Crippen molar-refractivity contribution in [2.45, 2.75) is 26.1 Å². The van der Waals surface area contributed by atoms with Crippen molar-refractivity contribution in [3.05, 3.63) is 35.1 Å². The van der Waals surface area contributed by atoms with Crippen LogP contribution in [0.4, 0.5) is 17.6 Å². The Morgan fingerprint density at radius 2 is 1.79 bits per heavy atom. The molecule has 0 aliphatic carbocycles. The second-order valence-corrected chi connectivity index (χ2v) is 6.54. The summed E-state index contributed by atoms with van der Waals surface area (Å²) in [6.45, 7) is 5.75. The van der Waals surface area contributed by atoms with E-state index in [0.29, 0.717) is 26.2 Å². The topological polar surface area (TPSA) is 35.5 Å². The standard InChI is InChI=1S/C16H22F4N2O.ClH/c1-15(2,10-23)14(22-8-6-21-7-9-22)11-4-3-5-12(13(11)17)16(18,19)20;/h3-5,14,21,23H,6-10H2,1-2H3;1H/t14-;/m0./s1. The van der Waals surface area contributed by atoms with Crippen LogP contribution in [-0.2, 0) is 6.18 Å². The first-order valence-electron chi connectivity index (χ1n) is 7.59. The average Bonchev–Trinajstić information content (AvgIpc) is 2.49. The van der Waals surface area contributed by atoms with E-state index in [2.05, 4.69) is 5.32 Å². The van der Waals surface area contributed by atoms with Crippen molar-refractivity contribution < 1.29 is 22.7 Å². The van der Waals surface area contributed by atoms with Gasteiger partial charge in [0.2, 0.25) is 0 Å². The molecule has 1 aromatic carbocycles. The number of aliphatic hydroxyl groups is 1. The third kappa shape index (κ3) is 4.39. The summed E-state index contributed by atoms with van der Waals surface area (Å²) >= 11 is 0. The van der Waals surface area contributed by atoms with Crippen LogP contribution in [-0.4, -0.2) is 42.8 Å². The number of nitrogens with zero attached hydrogens (tertiary/aromatic N) is 1. The molecule has 24 heavy (non-hydrogen) atoms. The van der Waals surface area contributed by atoms with Crippen molar-refractivity contribution in [2.24, 2.45) is 5.41 Å². The summed E-state index contributed by atoms with van der Waals surface area (Å²) in [7, 11) is 0. The summed E-state index contributed by atoms with van der Waals surface area (Å²) in [5, 5.41) is 12.9. The number of nitrogens with one attached hydrogen (secondary N) is 1. The second kappa shape index (κ2) is 7.99. The van der Waals surface area contributed by atoms with Crippen LogP contribution in [0.5, 0.6) is 0 Å². The van der Waals surface area contributed by atoms with Gasteiger partial charge in [-0.2, -0.15) is 13.2 Å². The van der Waals surface area contributed by atoms with Gasteiger partial charge in [0.25, 0.3) is 0 Å². The quantitative estimate of drug-likeness (QED) is 0.799. The van der Waals surface area contributed by atoms with Crippen LogP contribution in [0.25, 0.3) is 0 Å². The highest BCUT2D eigenvalue weighted by Gasteiger charge is 2.41. The van der Waals surface area contributed by atoms with Crippen molar-refractivity contribution in [3.63, 3.8) is 0 Å². The fourth-order valence-corrected chi connectivity index (χ4v) is 3.12. The molecule has 1 aliphatic heterocycles. The largest absolute Gasteiger partial charge is 0.419 e. The molecule has 1 aliphatic rings. The molecule has 1 atom stereocenters. The molecular formula is C16H23ClF4N2O. The van der Waals surface area contributed by atoms with Crippen molar-refractivity contribution in [2.75, 3.05) is 32.8 Å². The van der Waals surface area contributed by atoms with Crippen LogP contribution in [0.1, 0.15) is 31.0 Å². The lowest BCUT2D eigenvalue weighted by atomic mass is 9.79. The third-order valence-electron chi connectivity index (χ3n) is 4.29. The first kappa shape index (κ1) is 21.2. The zero-order valence-electron chi connectivity index (χ0n) is 13.7. The zero-order chi connectivity index (χ0) is 17.3. The van der Waals surface area contributed by atoms with E-state index in [9.17, 15) is 22.7 Å². The maximum atomic E-state index is 14.6. The number of halogens is 5. The zero-order valence-corrected chi connectivity index (χ0v) is 14.5. The molecule has 2 rings (SSSR count). The molecule has 0 amide bonds. The van der Waals surface area contributed by atoms with Gasteiger partial charge in [-0.25, -0.2) is 4.39 Å². The van der Waals surface area contributed by atoms with Gasteiger partial charge in [-0.05, 0) is 6.07 Å². The SMILES string of the molecule is CC(C)(CO)[C@H](c1cccc(C(F)(F)F)c1F)N1CCNCC1.Cl. The molecule has 1 heterocycles. The fraction of sp³-hybridized carbons (Fsp3) is 0.625. The van der Waals surface area contributed by atoms with E-state index in [1.807, 2.05) is 4.90 Å². The summed E-state index contributed by atoms with van der Waals surface area (Å²) in [6.07, 6.45) is -4.74. The van der Waals surface area contributed by atoms with Gasteiger partial charge >= 0.3 is 6.18 Å². The van der Waals surface area contributed by atoms with E-state index in [4.69, 9.17) is 0 Å². The number of alkyl halides is 3. The molecule has 0 saturated carbocycles. The molecule has 138 valence electrons. The molecule has 0 aromatic heterocycles. The number of benzene rings is 1. The number of rotatable bonds is 4. The summed E-state index contributed by atoms with van der Waals surface area (Å²) < 4.78 is 53.6. The Morgan fingerprint density at radius 1 is 1.21 bits per heavy atom. The first-order chi connectivity index (χ1) is 10.7. The normalized spacial score (nSPS) is 18.1. The van der Waals surface area contributed by atoms with E-state index in [0.717, 1.165) is 6.07 Å². The Balaban J connectivity index is 0.00000288. The van der Waals surface area contributed by atoms with Gasteiger partial charge in [-0.1, -0.05) is 26.0 Å².